The molecule has 1 unspecified atom stereocenters. The van der Waals surface area contributed by atoms with Crippen LogP contribution in [0.15, 0.2) is 0 Å². The predicted octanol–water partition coefficient (Wildman–Crippen LogP) is 0.698. The van der Waals surface area contributed by atoms with Gasteiger partial charge in [-0.2, -0.15) is 0 Å². The average molecular weight is 242 g/mol. The molecule has 0 radical (unpaired) electrons. The van der Waals surface area contributed by atoms with Gasteiger partial charge in [-0.05, 0) is 26.2 Å². The highest BCUT2D eigenvalue weighted by atomic mass is 16.4. The van der Waals surface area contributed by atoms with Crippen LogP contribution < -0.4 is 5.32 Å². The van der Waals surface area contributed by atoms with Crippen LogP contribution in [0.4, 0.5) is 0 Å². The number of rotatable bonds is 5. The topological polar surface area (TPSA) is 69.6 Å². The normalized spacial score (nSPS) is 19.1. The van der Waals surface area contributed by atoms with E-state index in [1.807, 2.05) is 6.92 Å². The Morgan fingerprint density at radius 2 is 2.00 bits per heavy atom. The molecule has 1 aliphatic rings. The number of carbonyl (C=O) groups excluding carboxylic acids is 1. The van der Waals surface area contributed by atoms with Gasteiger partial charge in [0.15, 0.2) is 0 Å². The Hall–Kier alpha value is -1.10. The second-order valence-corrected chi connectivity index (χ2v) is 4.68. The summed E-state index contributed by atoms with van der Waals surface area (Å²) in [6.07, 6.45) is 2.14. The van der Waals surface area contributed by atoms with Crippen molar-refractivity contribution in [3.05, 3.63) is 0 Å². The molecule has 0 aliphatic carbocycles. The van der Waals surface area contributed by atoms with Crippen LogP contribution in [0.3, 0.4) is 0 Å². The average Bonchev–Trinajstić information content (AvgIpc) is 2.35. The van der Waals surface area contributed by atoms with E-state index in [1.165, 1.54) is 0 Å². The van der Waals surface area contributed by atoms with E-state index >= 15 is 0 Å². The van der Waals surface area contributed by atoms with Gasteiger partial charge in [0.2, 0.25) is 5.91 Å². The summed E-state index contributed by atoms with van der Waals surface area (Å²) in [5, 5.41) is 12.0. The van der Waals surface area contributed by atoms with Crippen molar-refractivity contribution in [2.24, 2.45) is 5.92 Å². The van der Waals surface area contributed by atoms with Crippen molar-refractivity contribution in [2.75, 3.05) is 19.6 Å². The molecule has 1 fully saturated rings. The number of carboxylic acid groups (broad SMARTS) is 1. The maximum absolute atomic E-state index is 11.8. The highest BCUT2D eigenvalue weighted by Crippen LogP contribution is 2.17. The lowest BCUT2D eigenvalue weighted by Gasteiger charge is -2.30. The van der Waals surface area contributed by atoms with Crippen LogP contribution in [0.1, 0.15) is 33.1 Å². The van der Waals surface area contributed by atoms with E-state index in [0.29, 0.717) is 38.5 Å². The van der Waals surface area contributed by atoms with Gasteiger partial charge in [0.05, 0.1) is 12.5 Å². The fraction of sp³-hybridized carbons (Fsp3) is 0.833. The van der Waals surface area contributed by atoms with Gasteiger partial charge >= 0.3 is 5.97 Å². The summed E-state index contributed by atoms with van der Waals surface area (Å²) in [5.41, 5.74) is 0. The van der Waals surface area contributed by atoms with Crippen LogP contribution in [0.25, 0.3) is 0 Å². The first-order valence-corrected chi connectivity index (χ1v) is 6.28. The molecule has 0 saturated carbocycles. The molecule has 1 amide bonds. The maximum Gasteiger partial charge on any atom is 0.306 e. The first kappa shape index (κ1) is 14.0. The second kappa shape index (κ2) is 6.59. The molecule has 1 heterocycles. The first-order valence-electron chi connectivity index (χ1n) is 6.28. The summed E-state index contributed by atoms with van der Waals surface area (Å²) in [6, 6.07) is 0.343. The molecule has 0 aromatic rings. The zero-order valence-corrected chi connectivity index (χ0v) is 10.6. The van der Waals surface area contributed by atoms with Gasteiger partial charge in [-0.1, -0.05) is 6.92 Å². The Kier molecular flexibility index (Phi) is 5.41. The number of carbonyl (C=O) groups is 2. The molecule has 5 heteroatoms. The second-order valence-electron chi connectivity index (χ2n) is 4.68. The van der Waals surface area contributed by atoms with Crippen LogP contribution in [0.2, 0.25) is 0 Å². The number of hydrogen-bond acceptors (Lipinski definition) is 3. The number of nitrogens with one attached hydrogen (secondary N) is 1. The molecule has 1 atom stereocenters. The van der Waals surface area contributed by atoms with Gasteiger partial charge in [0.1, 0.15) is 0 Å². The summed E-state index contributed by atoms with van der Waals surface area (Å²) in [6.45, 7) is 5.60. The molecule has 0 spiro atoms. The van der Waals surface area contributed by atoms with Gasteiger partial charge < -0.3 is 15.3 Å². The van der Waals surface area contributed by atoms with Gasteiger partial charge in [-0.25, -0.2) is 0 Å². The number of piperidine rings is 1. The molecule has 17 heavy (non-hydrogen) atoms. The van der Waals surface area contributed by atoms with Crippen molar-refractivity contribution in [3.63, 3.8) is 0 Å². The zero-order valence-electron chi connectivity index (χ0n) is 10.6. The van der Waals surface area contributed by atoms with Crippen LogP contribution in [-0.4, -0.2) is 47.6 Å². The number of nitrogens with zero attached hydrogens (tertiary/aromatic N) is 1. The van der Waals surface area contributed by atoms with Crippen molar-refractivity contribution in [3.8, 4) is 0 Å². The lowest BCUT2D eigenvalue weighted by atomic mass is 9.97. The summed E-state index contributed by atoms with van der Waals surface area (Å²) in [7, 11) is 0. The molecule has 5 nitrogen and oxygen atoms in total. The van der Waals surface area contributed by atoms with Gasteiger partial charge in [-0.15, -0.1) is 0 Å². The van der Waals surface area contributed by atoms with Crippen LogP contribution in [-0.2, 0) is 9.59 Å². The van der Waals surface area contributed by atoms with Crippen LogP contribution >= 0.6 is 0 Å². The van der Waals surface area contributed by atoms with E-state index < -0.39 is 5.97 Å². The molecule has 0 bridgehead atoms. The van der Waals surface area contributed by atoms with Crippen molar-refractivity contribution >= 4 is 11.9 Å². The van der Waals surface area contributed by atoms with Gasteiger partial charge in [0, 0.05) is 19.1 Å². The largest absolute Gasteiger partial charge is 0.481 e. The Morgan fingerprint density at radius 3 is 2.47 bits per heavy atom. The lowest BCUT2D eigenvalue weighted by molar-refractivity contribution is -0.145. The summed E-state index contributed by atoms with van der Waals surface area (Å²) >= 11 is 0. The van der Waals surface area contributed by atoms with Crippen molar-refractivity contribution in [1.29, 1.82) is 0 Å². The SMILES string of the molecule is CCC(C)NCC(=O)N1CCC(C(=O)O)CC1. The molecular formula is C12H22N2O3. The fourth-order valence-electron chi connectivity index (χ4n) is 1.89. The van der Waals surface area contributed by atoms with E-state index in [9.17, 15) is 9.59 Å². The molecule has 0 aromatic carbocycles. The highest BCUT2D eigenvalue weighted by molar-refractivity contribution is 5.79. The van der Waals surface area contributed by atoms with Gasteiger partial charge in [-0.3, -0.25) is 9.59 Å². The van der Waals surface area contributed by atoms with E-state index in [2.05, 4.69) is 12.2 Å². The van der Waals surface area contributed by atoms with E-state index in [-0.39, 0.29) is 11.8 Å². The van der Waals surface area contributed by atoms with E-state index in [4.69, 9.17) is 5.11 Å². The minimum atomic E-state index is -0.741. The number of amides is 1. The number of hydrogen-bond donors (Lipinski definition) is 2. The van der Waals surface area contributed by atoms with Crippen molar-refractivity contribution < 1.29 is 14.7 Å². The smallest absolute Gasteiger partial charge is 0.306 e. The number of carboxylic acids is 1. The third-order valence-corrected chi connectivity index (χ3v) is 3.41. The number of aliphatic carboxylic acids is 1. The van der Waals surface area contributed by atoms with Crippen LogP contribution in [0.5, 0.6) is 0 Å². The van der Waals surface area contributed by atoms with Crippen molar-refractivity contribution in [1.82, 2.24) is 10.2 Å². The number of likely N-dealkylation sites (tertiary alicyclic amines) is 1. The van der Waals surface area contributed by atoms with E-state index in [0.717, 1.165) is 6.42 Å². The minimum absolute atomic E-state index is 0.0779. The molecule has 2 N–H and O–H groups in total. The van der Waals surface area contributed by atoms with Crippen LogP contribution in [0, 0.1) is 5.92 Å². The van der Waals surface area contributed by atoms with E-state index in [1.54, 1.807) is 4.90 Å². The Balaban J connectivity index is 2.28. The zero-order chi connectivity index (χ0) is 12.8. The Bertz CT molecular complexity index is 273. The predicted molar refractivity (Wildman–Crippen MR) is 64.7 cm³/mol. The standard InChI is InChI=1S/C12H22N2O3/c1-3-9(2)13-8-11(15)14-6-4-10(5-7-14)12(16)17/h9-10,13H,3-8H2,1-2H3,(H,16,17). The summed E-state index contributed by atoms with van der Waals surface area (Å²) < 4.78 is 0. The maximum atomic E-state index is 11.8. The molecule has 1 rings (SSSR count). The molecule has 0 aromatic heterocycles. The summed E-state index contributed by atoms with van der Waals surface area (Å²) in [4.78, 5) is 24.3. The molecule has 1 aliphatic heterocycles. The quantitative estimate of drug-likeness (QED) is 0.744. The Labute approximate surface area is 102 Å². The Morgan fingerprint density at radius 1 is 1.41 bits per heavy atom. The summed E-state index contributed by atoms with van der Waals surface area (Å²) in [5.74, 6) is -0.939. The monoisotopic (exact) mass is 242 g/mol. The van der Waals surface area contributed by atoms with Crippen molar-refractivity contribution in [2.45, 2.75) is 39.2 Å². The first-order chi connectivity index (χ1) is 8.04. The lowest BCUT2D eigenvalue weighted by Crippen LogP contribution is -2.45. The third-order valence-electron chi connectivity index (χ3n) is 3.41. The molecule has 98 valence electrons. The fourth-order valence-corrected chi connectivity index (χ4v) is 1.89. The van der Waals surface area contributed by atoms with Gasteiger partial charge in [0.25, 0.3) is 0 Å². The molecular weight excluding hydrogens is 220 g/mol. The molecule has 1 saturated heterocycles. The highest BCUT2D eigenvalue weighted by Gasteiger charge is 2.26. The third kappa shape index (κ3) is 4.34. The minimum Gasteiger partial charge on any atom is -0.481 e.